The van der Waals surface area contributed by atoms with Gasteiger partial charge in [0.15, 0.2) is 0 Å². The third-order valence-electron chi connectivity index (χ3n) is 2.26. The highest BCUT2D eigenvalue weighted by atomic mass is 35.5. The lowest BCUT2D eigenvalue weighted by molar-refractivity contribution is -0.137. The number of aromatic amines is 1. The fourth-order valence-electron chi connectivity index (χ4n) is 1.52. The summed E-state index contributed by atoms with van der Waals surface area (Å²) in [6.07, 6.45) is 0.557. The quantitative estimate of drug-likeness (QED) is 0.865. The number of H-pyrrole nitrogens is 1. The second-order valence-electron chi connectivity index (χ2n) is 3.60. The summed E-state index contributed by atoms with van der Waals surface area (Å²) in [6, 6.07) is 5.93. The first-order valence-electron chi connectivity index (χ1n) is 4.82. The van der Waals surface area contributed by atoms with Gasteiger partial charge in [-0.15, -0.1) is 12.4 Å². The SMILES string of the molecule is Cc1ccc2nc(CCC(=O)O)[nH]c2c1.Cl. The highest BCUT2D eigenvalue weighted by molar-refractivity contribution is 5.85. The Labute approximate surface area is 99.1 Å². The number of carbonyl (C=O) groups is 1. The molecule has 0 aliphatic rings. The molecule has 0 saturated heterocycles. The van der Waals surface area contributed by atoms with Gasteiger partial charge in [-0.3, -0.25) is 4.79 Å². The van der Waals surface area contributed by atoms with Crippen molar-refractivity contribution in [2.75, 3.05) is 0 Å². The Morgan fingerprint density at radius 3 is 2.94 bits per heavy atom. The molecule has 2 rings (SSSR count). The largest absolute Gasteiger partial charge is 0.481 e. The minimum atomic E-state index is -0.799. The van der Waals surface area contributed by atoms with Crippen molar-refractivity contribution in [2.45, 2.75) is 19.8 Å². The number of carboxylic acid groups (broad SMARTS) is 1. The van der Waals surface area contributed by atoms with E-state index in [2.05, 4.69) is 9.97 Å². The van der Waals surface area contributed by atoms with Crippen molar-refractivity contribution in [3.05, 3.63) is 29.6 Å². The molecule has 86 valence electrons. The summed E-state index contributed by atoms with van der Waals surface area (Å²) in [6.45, 7) is 2.01. The maximum absolute atomic E-state index is 10.4. The molecule has 0 spiro atoms. The van der Waals surface area contributed by atoms with Crippen molar-refractivity contribution in [2.24, 2.45) is 0 Å². The molecular formula is C11H13ClN2O2. The molecule has 0 saturated carbocycles. The molecule has 0 aliphatic heterocycles. The molecule has 0 radical (unpaired) electrons. The zero-order valence-electron chi connectivity index (χ0n) is 8.86. The fraction of sp³-hybridized carbons (Fsp3) is 0.273. The highest BCUT2D eigenvalue weighted by Crippen LogP contribution is 2.13. The van der Waals surface area contributed by atoms with Crippen molar-refractivity contribution in [3.8, 4) is 0 Å². The fourth-order valence-corrected chi connectivity index (χ4v) is 1.52. The topological polar surface area (TPSA) is 66.0 Å². The number of hydrogen-bond donors (Lipinski definition) is 2. The van der Waals surface area contributed by atoms with Crippen LogP contribution in [0.3, 0.4) is 0 Å². The van der Waals surface area contributed by atoms with E-state index in [1.807, 2.05) is 25.1 Å². The van der Waals surface area contributed by atoms with Gasteiger partial charge in [0, 0.05) is 6.42 Å². The Kier molecular flexibility index (Phi) is 3.90. The van der Waals surface area contributed by atoms with Crippen LogP contribution in [0.4, 0.5) is 0 Å². The predicted molar refractivity (Wildman–Crippen MR) is 64.0 cm³/mol. The molecular weight excluding hydrogens is 228 g/mol. The van der Waals surface area contributed by atoms with E-state index in [4.69, 9.17) is 5.11 Å². The van der Waals surface area contributed by atoms with Crippen LogP contribution < -0.4 is 0 Å². The van der Waals surface area contributed by atoms with Crippen LogP contribution in [-0.2, 0) is 11.2 Å². The molecule has 0 unspecified atom stereocenters. The summed E-state index contributed by atoms with van der Waals surface area (Å²) in [5.74, 6) is -0.0652. The zero-order valence-corrected chi connectivity index (χ0v) is 9.67. The van der Waals surface area contributed by atoms with Crippen LogP contribution in [0.25, 0.3) is 11.0 Å². The number of aromatic nitrogens is 2. The Morgan fingerprint density at radius 2 is 2.25 bits per heavy atom. The number of benzene rings is 1. The Bertz CT molecular complexity index is 508. The number of fused-ring (bicyclic) bond motifs is 1. The molecule has 0 aliphatic carbocycles. The molecule has 2 aromatic rings. The van der Waals surface area contributed by atoms with Crippen molar-refractivity contribution in [1.29, 1.82) is 0 Å². The summed E-state index contributed by atoms with van der Waals surface area (Å²) >= 11 is 0. The van der Waals surface area contributed by atoms with Crippen LogP contribution in [-0.4, -0.2) is 21.0 Å². The standard InChI is InChI=1S/C11H12N2O2.ClH/c1-7-2-3-8-9(6-7)13-10(12-8)4-5-11(14)15;/h2-3,6H,4-5H2,1H3,(H,12,13)(H,14,15);1H. The monoisotopic (exact) mass is 240 g/mol. The van der Waals surface area contributed by atoms with E-state index in [9.17, 15) is 4.79 Å². The smallest absolute Gasteiger partial charge is 0.303 e. The molecule has 1 aromatic carbocycles. The van der Waals surface area contributed by atoms with E-state index in [0.717, 1.165) is 22.4 Å². The van der Waals surface area contributed by atoms with Gasteiger partial charge in [-0.2, -0.15) is 0 Å². The minimum absolute atomic E-state index is 0. The number of nitrogens with one attached hydrogen (secondary N) is 1. The second-order valence-corrected chi connectivity index (χ2v) is 3.60. The molecule has 1 aromatic heterocycles. The van der Waals surface area contributed by atoms with E-state index >= 15 is 0 Å². The van der Waals surface area contributed by atoms with Gasteiger partial charge >= 0.3 is 5.97 Å². The van der Waals surface area contributed by atoms with Gasteiger partial charge in [0.2, 0.25) is 0 Å². The zero-order chi connectivity index (χ0) is 10.8. The summed E-state index contributed by atoms with van der Waals surface area (Å²) < 4.78 is 0. The average Bonchev–Trinajstić information content (AvgIpc) is 2.56. The first-order valence-corrected chi connectivity index (χ1v) is 4.82. The van der Waals surface area contributed by atoms with E-state index in [0.29, 0.717) is 6.42 Å². The number of aliphatic carboxylic acids is 1. The van der Waals surface area contributed by atoms with Crippen LogP contribution in [0.1, 0.15) is 17.8 Å². The number of imidazole rings is 1. The van der Waals surface area contributed by atoms with Crippen molar-refractivity contribution in [3.63, 3.8) is 0 Å². The lowest BCUT2D eigenvalue weighted by Gasteiger charge is -1.90. The molecule has 16 heavy (non-hydrogen) atoms. The maximum atomic E-state index is 10.4. The molecule has 1 heterocycles. The first kappa shape index (κ1) is 12.5. The van der Waals surface area contributed by atoms with Crippen LogP contribution >= 0.6 is 12.4 Å². The summed E-state index contributed by atoms with van der Waals surface area (Å²) in [5, 5.41) is 8.55. The summed E-state index contributed by atoms with van der Waals surface area (Å²) in [7, 11) is 0. The normalized spacial score (nSPS) is 10.1. The molecule has 2 N–H and O–H groups in total. The minimum Gasteiger partial charge on any atom is -0.481 e. The van der Waals surface area contributed by atoms with Crippen molar-refractivity contribution in [1.82, 2.24) is 9.97 Å². The van der Waals surface area contributed by atoms with Gasteiger partial charge in [-0.05, 0) is 24.6 Å². The van der Waals surface area contributed by atoms with E-state index in [-0.39, 0.29) is 18.8 Å². The number of hydrogen-bond acceptors (Lipinski definition) is 2. The first-order chi connectivity index (χ1) is 7.15. The van der Waals surface area contributed by atoms with Gasteiger partial charge in [-0.1, -0.05) is 6.07 Å². The molecule has 4 nitrogen and oxygen atoms in total. The van der Waals surface area contributed by atoms with Crippen LogP contribution in [0.15, 0.2) is 18.2 Å². The molecule has 5 heteroatoms. The third kappa shape index (κ3) is 2.73. The van der Waals surface area contributed by atoms with Crippen molar-refractivity contribution >= 4 is 29.4 Å². The van der Waals surface area contributed by atoms with Gasteiger partial charge in [0.1, 0.15) is 5.82 Å². The van der Waals surface area contributed by atoms with Gasteiger partial charge in [0.05, 0.1) is 17.5 Å². The van der Waals surface area contributed by atoms with Crippen LogP contribution in [0.2, 0.25) is 0 Å². The maximum Gasteiger partial charge on any atom is 0.303 e. The van der Waals surface area contributed by atoms with Crippen LogP contribution in [0, 0.1) is 6.92 Å². The number of nitrogens with zero attached hydrogens (tertiary/aromatic N) is 1. The van der Waals surface area contributed by atoms with Gasteiger partial charge in [0.25, 0.3) is 0 Å². The number of halogens is 1. The summed E-state index contributed by atoms with van der Waals surface area (Å²) in [4.78, 5) is 17.8. The predicted octanol–water partition coefficient (Wildman–Crippen LogP) is 2.31. The van der Waals surface area contributed by atoms with Gasteiger partial charge in [-0.25, -0.2) is 4.98 Å². The third-order valence-corrected chi connectivity index (χ3v) is 2.26. The van der Waals surface area contributed by atoms with E-state index in [1.54, 1.807) is 0 Å². The molecule has 0 fully saturated rings. The van der Waals surface area contributed by atoms with Gasteiger partial charge < -0.3 is 10.1 Å². The molecule has 0 atom stereocenters. The lowest BCUT2D eigenvalue weighted by atomic mass is 10.2. The van der Waals surface area contributed by atoms with Crippen molar-refractivity contribution < 1.29 is 9.90 Å². The molecule has 0 bridgehead atoms. The molecule has 0 amide bonds. The van der Waals surface area contributed by atoms with Crippen LogP contribution in [0.5, 0.6) is 0 Å². The highest BCUT2D eigenvalue weighted by Gasteiger charge is 2.04. The number of aryl methyl sites for hydroxylation is 2. The average molecular weight is 241 g/mol. The Morgan fingerprint density at radius 1 is 1.50 bits per heavy atom. The lowest BCUT2D eigenvalue weighted by Crippen LogP contribution is -1.98. The number of rotatable bonds is 3. The Hall–Kier alpha value is -1.55. The van der Waals surface area contributed by atoms with E-state index in [1.165, 1.54) is 0 Å². The number of carboxylic acids is 1. The van der Waals surface area contributed by atoms with E-state index < -0.39 is 5.97 Å². The second kappa shape index (κ2) is 4.99. The Balaban J connectivity index is 0.00000128. The summed E-state index contributed by atoms with van der Waals surface area (Å²) in [5.41, 5.74) is 3.02.